The van der Waals surface area contributed by atoms with E-state index in [-0.39, 0.29) is 41.5 Å². The van der Waals surface area contributed by atoms with Crippen molar-refractivity contribution in [2.75, 3.05) is 74.5 Å². The number of anilines is 3. The van der Waals surface area contributed by atoms with Crippen LogP contribution in [0, 0.1) is 12.3 Å². The van der Waals surface area contributed by atoms with Crippen LogP contribution in [0.5, 0.6) is 11.5 Å². The Kier molecular flexibility index (Phi) is 18.5. The van der Waals surface area contributed by atoms with Crippen molar-refractivity contribution in [3.8, 4) is 33.2 Å². The van der Waals surface area contributed by atoms with Crippen LogP contribution in [0.25, 0.3) is 21.7 Å². The third kappa shape index (κ3) is 13.7. The first-order valence-electron chi connectivity index (χ1n) is 28.3. The predicted octanol–water partition coefficient (Wildman–Crippen LogP) is 8.20. The van der Waals surface area contributed by atoms with Gasteiger partial charge in [-0.2, -0.15) is 0 Å². The number of aryl methyl sites for hydroxylation is 1. The summed E-state index contributed by atoms with van der Waals surface area (Å²) >= 11 is 1.61. The zero-order chi connectivity index (χ0) is 54.8. The van der Waals surface area contributed by atoms with E-state index in [2.05, 4.69) is 58.7 Å². The van der Waals surface area contributed by atoms with Gasteiger partial charge >= 0.3 is 0 Å². The highest BCUT2D eigenvalue weighted by Crippen LogP contribution is 2.42. The lowest BCUT2D eigenvalue weighted by Crippen LogP contribution is -2.57. The van der Waals surface area contributed by atoms with Crippen LogP contribution >= 0.6 is 11.3 Å². The van der Waals surface area contributed by atoms with E-state index < -0.39 is 17.5 Å². The van der Waals surface area contributed by atoms with Gasteiger partial charge in [0, 0.05) is 89.4 Å². The van der Waals surface area contributed by atoms with Crippen LogP contribution in [0.3, 0.4) is 0 Å². The molecule has 4 aliphatic rings. The number of likely N-dealkylation sites (tertiary alicyclic amines) is 1. The Labute approximate surface area is 463 Å². The van der Waals surface area contributed by atoms with Gasteiger partial charge in [0.25, 0.3) is 0 Å². The highest BCUT2D eigenvalue weighted by atomic mass is 32.1. The Morgan fingerprint density at radius 1 is 0.821 bits per heavy atom. The molecule has 3 aromatic carbocycles. The summed E-state index contributed by atoms with van der Waals surface area (Å²) in [6, 6.07) is 24.8. The van der Waals surface area contributed by atoms with E-state index in [9.17, 15) is 24.3 Å². The van der Waals surface area contributed by atoms with Gasteiger partial charge in [0.15, 0.2) is 5.82 Å². The number of piperazine rings is 2. The highest BCUT2D eigenvalue weighted by molar-refractivity contribution is 7.13. The molecule has 78 heavy (non-hydrogen) atoms. The summed E-state index contributed by atoms with van der Waals surface area (Å²) in [4.78, 5) is 70.3. The highest BCUT2D eigenvalue weighted by Gasteiger charge is 2.43. The molecule has 0 radical (unpaired) electrons. The SMILES string of the molecule is Cc1ncsc1-c1ccc(CNC(=O)[C@@H]2CCCN2C(=O)C(NC(=O)CCCCCCCCC(=O)N2CCN(CCOc3ccccc3N3C4CCC3CN(c3cc(-c5ccccc5O)nnc3N)C4)CC2)C(C)(C)C)cc1. The van der Waals surface area contributed by atoms with Gasteiger partial charge in [0.1, 0.15) is 30.2 Å². The summed E-state index contributed by atoms with van der Waals surface area (Å²) in [5.74, 6) is 1.12. The lowest BCUT2D eigenvalue weighted by molar-refractivity contribution is -0.143. The number of aromatic nitrogens is 3. The van der Waals surface area contributed by atoms with Crippen LogP contribution in [0.15, 0.2) is 84.4 Å². The van der Waals surface area contributed by atoms with E-state index in [1.165, 1.54) is 0 Å². The normalized spacial score (nSPS) is 19.0. The van der Waals surface area contributed by atoms with Crippen molar-refractivity contribution in [1.29, 1.82) is 0 Å². The number of fused-ring (bicyclic) bond motifs is 2. The molecule has 4 amide bonds. The lowest BCUT2D eigenvalue weighted by Gasteiger charge is -2.44. The van der Waals surface area contributed by atoms with Crippen molar-refractivity contribution in [3.05, 3.63) is 95.6 Å². The molecule has 5 aromatic rings. The van der Waals surface area contributed by atoms with Gasteiger partial charge in [-0.1, -0.05) is 95.0 Å². The number of nitrogens with zero attached hydrogens (tertiary/aromatic N) is 8. The average Bonchev–Trinajstić information content (AvgIpc) is 4.22. The second-order valence-electron chi connectivity index (χ2n) is 22.6. The summed E-state index contributed by atoms with van der Waals surface area (Å²) in [6.07, 6.45) is 9.77. The number of carbonyl (C=O) groups is 4. The number of para-hydroxylation sites is 3. The molecule has 3 unspecified atom stereocenters. The zero-order valence-electron chi connectivity index (χ0n) is 46.0. The van der Waals surface area contributed by atoms with E-state index in [4.69, 9.17) is 10.5 Å². The first-order valence-corrected chi connectivity index (χ1v) is 29.1. The minimum absolute atomic E-state index is 0.147. The van der Waals surface area contributed by atoms with Crippen molar-refractivity contribution < 1.29 is 29.0 Å². The molecule has 0 saturated carbocycles. The summed E-state index contributed by atoms with van der Waals surface area (Å²) in [5.41, 5.74) is 14.0. The Balaban J connectivity index is 0.633. The van der Waals surface area contributed by atoms with Gasteiger partial charge in [-0.05, 0) is 92.3 Å². The number of aromatic hydroxyl groups is 1. The van der Waals surface area contributed by atoms with Gasteiger partial charge < -0.3 is 45.8 Å². The molecular formula is C60H79N11O6S. The van der Waals surface area contributed by atoms with Crippen molar-refractivity contribution in [3.63, 3.8) is 0 Å². The Bertz CT molecular complexity index is 2830. The third-order valence-electron chi connectivity index (χ3n) is 16.1. The first kappa shape index (κ1) is 55.9. The van der Waals surface area contributed by atoms with Crippen LogP contribution in [-0.4, -0.2) is 142 Å². The molecule has 4 fully saturated rings. The number of benzene rings is 3. The quantitative estimate of drug-likeness (QED) is 0.0484. The number of nitrogen functional groups attached to an aromatic ring is 1. The van der Waals surface area contributed by atoms with E-state index in [0.717, 1.165) is 142 Å². The number of carbonyl (C=O) groups excluding carboxylic acids is 4. The molecule has 0 aliphatic carbocycles. The first-order chi connectivity index (χ1) is 37.7. The summed E-state index contributed by atoms with van der Waals surface area (Å²) < 4.78 is 6.52. The molecule has 4 aliphatic heterocycles. The van der Waals surface area contributed by atoms with E-state index in [1.54, 1.807) is 28.4 Å². The van der Waals surface area contributed by atoms with E-state index in [1.807, 2.05) is 86.6 Å². The molecule has 2 bridgehead atoms. The van der Waals surface area contributed by atoms with Crippen molar-refractivity contribution in [2.24, 2.45) is 5.41 Å². The zero-order valence-corrected chi connectivity index (χ0v) is 46.8. The van der Waals surface area contributed by atoms with Crippen LogP contribution in [-0.2, 0) is 25.7 Å². The molecule has 6 heterocycles. The molecule has 416 valence electrons. The number of nitrogens with one attached hydrogen (secondary N) is 2. The number of amides is 4. The third-order valence-corrected chi connectivity index (χ3v) is 17.0. The number of phenolic OH excluding ortho intramolecular Hbond substituents is 1. The number of hydrogen-bond acceptors (Lipinski definition) is 14. The summed E-state index contributed by atoms with van der Waals surface area (Å²) in [7, 11) is 0. The lowest BCUT2D eigenvalue weighted by atomic mass is 9.85. The second-order valence-corrected chi connectivity index (χ2v) is 23.5. The van der Waals surface area contributed by atoms with E-state index >= 15 is 0 Å². The number of phenols is 1. The molecule has 17 nitrogen and oxygen atoms in total. The smallest absolute Gasteiger partial charge is 0.246 e. The molecule has 4 saturated heterocycles. The maximum absolute atomic E-state index is 14.0. The Hall–Kier alpha value is -6.79. The molecule has 18 heteroatoms. The number of nitrogens with two attached hydrogens (primary N) is 1. The van der Waals surface area contributed by atoms with Gasteiger partial charge in [-0.3, -0.25) is 24.1 Å². The van der Waals surface area contributed by atoms with Crippen LogP contribution in [0.4, 0.5) is 17.2 Å². The Morgan fingerprint density at radius 2 is 1.51 bits per heavy atom. The molecule has 5 N–H and O–H groups in total. The maximum atomic E-state index is 14.0. The fraction of sp³-hybridized carbons (Fsp3) is 0.517. The standard InChI is InChI=1S/C60H79N11O6S/c1-41-55(78-40-63-41)43-25-23-42(24-26-43)37-62-58(75)49-18-15-29-70(49)59(76)56(60(2,3)4)64-53(73)21-9-7-5-6-8-10-22-54(74)68-32-30-67(31-33-68)34-35-77-52-20-14-12-17-48(52)71-44-27-28-45(71)39-69(38-44)50-36-47(65-66-57(50)61)46-16-11-13-19-51(46)72/h11-14,16-17,19-20,23-26,36,40,44-45,49,56,72H,5-10,15,18,21-22,27-35,37-39H2,1-4H3,(H2,61,66)(H,62,75)(H,64,73)/t44?,45?,49-,56?/m0/s1. The van der Waals surface area contributed by atoms with Gasteiger partial charge in [-0.15, -0.1) is 21.5 Å². The van der Waals surface area contributed by atoms with Crippen molar-refractivity contribution >= 4 is 52.2 Å². The monoisotopic (exact) mass is 1080 g/mol. The number of hydrogen-bond donors (Lipinski definition) is 4. The van der Waals surface area contributed by atoms with Crippen LogP contribution in [0.2, 0.25) is 0 Å². The fourth-order valence-corrected chi connectivity index (χ4v) is 12.5. The molecule has 0 spiro atoms. The molecule has 2 aromatic heterocycles. The Morgan fingerprint density at radius 3 is 2.22 bits per heavy atom. The molecule has 4 atom stereocenters. The number of unbranched alkanes of at least 4 members (excludes halogenated alkanes) is 5. The largest absolute Gasteiger partial charge is 0.507 e. The van der Waals surface area contributed by atoms with Gasteiger partial charge in [-0.25, -0.2) is 4.98 Å². The fourth-order valence-electron chi connectivity index (χ4n) is 11.7. The minimum atomic E-state index is -0.743. The summed E-state index contributed by atoms with van der Waals surface area (Å²) in [6.45, 7) is 14.7. The van der Waals surface area contributed by atoms with Crippen molar-refractivity contribution in [2.45, 2.75) is 135 Å². The number of ether oxygens (including phenoxy) is 1. The maximum Gasteiger partial charge on any atom is 0.246 e. The average molecular weight is 1080 g/mol. The number of thiazole rings is 1. The second kappa shape index (κ2) is 25.8. The minimum Gasteiger partial charge on any atom is -0.507 e. The molecule has 9 rings (SSSR count). The van der Waals surface area contributed by atoms with Gasteiger partial charge in [0.05, 0.1) is 33.2 Å². The van der Waals surface area contributed by atoms with E-state index in [0.29, 0.717) is 56.0 Å². The van der Waals surface area contributed by atoms with Crippen molar-refractivity contribution in [1.82, 2.24) is 40.5 Å². The van der Waals surface area contributed by atoms with Crippen LogP contribution < -0.4 is 30.9 Å². The predicted molar refractivity (Wildman–Crippen MR) is 307 cm³/mol. The molecular weight excluding hydrogens is 1000 g/mol. The topological polar surface area (TPSA) is 203 Å². The van der Waals surface area contributed by atoms with Gasteiger partial charge in [0.2, 0.25) is 23.6 Å². The van der Waals surface area contributed by atoms with Crippen LogP contribution in [0.1, 0.15) is 109 Å². The summed E-state index contributed by atoms with van der Waals surface area (Å²) in [5, 5.41) is 25.1. The number of rotatable bonds is 22.